The lowest BCUT2D eigenvalue weighted by molar-refractivity contribution is 0.101. The minimum absolute atomic E-state index is 0.183. The van der Waals surface area contributed by atoms with E-state index in [0.29, 0.717) is 34.9 Å². The van der Waals surface area contributed by atoms with Gasteiger partial charge in [0.25, 0.3) is 11.8 Å². The summed E-state index contributed by atoms with van der Waals surface area (Å²) in [6, 6.07) is 21.4. The van der Waals surface area contributed by atoms with Crippen LogP contribution in [0.15, 0.2) is 77.3 Å². The molecule has 166 valence electrons. The summed E-state index contributed by atoms with van der Waals surface area (Å²) in [5.41, 5.74) is 2.33. The van der Waals surface area contributed by atoms with Crippen molar-refractivity contribution in [1.82, 2.24) is 0 Å². The van der Waals surface area contributed by atoms with Gasteiger partial charge in [-0.25, -0.2) is 0 Å². The number of ether oxygens (including phenoxy) is 1. The standard InChI is InChI=1S/C26H27BrN2O3/c1-2-3-4-8-17-32-24-16-11-20(27)18-23(24)26(31)29-22-14-12-21(13-15-22)28-25(30)19-9-6-5-7-10-19/h5-7,9-16,18H,2-4,8,17H2,1H3,(H,28,30)(H,29,31). The number of halogens is 1. The van der Waals surface area contributed by atoms with Gasteiger partial charge in [0.15, 0.2) is 0 Å². The SMILES string of the molecule is CCCCCCOc1ccc(Br)cc1C(=O)Nc1ccc(NC(=O)c2ccccc2)cc1. The lowest BCUT2D eigenvalue weighted by Gasteiger charge is -2.13. The highest BCUT2D eigenvalue weighted by Gasteiger charge is 2.14. The molecule has 3 aromatic rings. The Balaban J connectivity index is 1.61. The van der Waals surface area contributed by atoms with Crippen LogP contribution in [0.3, 0.4) is 0 Å². The van der Waals surface area contributed by atoms with E-state index in [2.05, 4.69) is 33.5 Å². The van der Waals surface area contributed by atoms with Crippen molar-refractivity contribution in [3.05, 3.63) is 88.4 Å². The Morgan fingerprint density at radius 2 is 1.47 bits per heavy atom. The molecule has 0 saturated carbocycles. The summed E-state index contributed by atoms with van der Waals surface area (Å²) in [5.74, 6) is 0.127. The lowest BCUT2D eigenvalue weighted by Crippen LogP contribution is -2.14. The van der Waals surface area contributed by atoms with Gasteiger partial charge in [-0.05, 0) is 61.0 Å². The summed E-state index contributed by atoms with van der Waals surface area (Å²) < 4.78 is 6.68. The molecule has 3 aromatic carbocycles. The number of anilines is 2. The largest absolute Gasteiger partial charge is 0.493 e. The molecular weight excluding hydrogens is 468 g/mol. The van der Waals surface area contributed by atoms with Crippen LogP contribution in [0.1, 0.15) is 53.3 Å². The van der Waals surface area contributed by atoms with Crippen LogP contribution in [0.5, 0.6) is 5.75 Å². The summed E-state index contributed by atoms with van der Waals surface area (Å²) in [4.78, 5) is 25.2. The van der Waals surface area contributed by atoms with Crippen molar-refractivity contribution in [3.63, 3.8) is 0 Å². The molecule has 6 heteroatoms. The minimum Gasteiger partial charge on any atom is -0.493 e. The number of hydrogen-bond donors (Lipinski definition) is 2. The summed E-state index contributed by atoms with van der Waals surface area (Å²) in [5, 5.41) is 5.74. The summed E-state index contributed by atoms with van der Waals surface area (Å²) in [6.07, 6.45) is 4.42. The molecule has 0 heterocycles. The first kappa shape index (κ1) is 23.5. The number of hydrogen-bond acceptors (Lipinski definition) is 3. The molecule has 0 aromatic heterocycles. The summed E-state index contributed by atoms with van der Waals surface area (Å²) >= 11 is 3.43. The molecule has 0 atom stereocenters. The Labute approximate surface area is 197 Å². The van der Waals surface area contributed by atoms with Crippen molar-refractivity contribution in [3.8, 4) is 5.75 Å². The van der Waals surface area contributed by atoms with Crippen molar-refractivity contribution >= 4 is 39.1 Å². The maximum atomic E-state index is 12.9. The van der Waals surface area contributed by atoms with E-state index in [1.54, 1.807) is 48.5 Å². The zero-order chi connectivity index (χ0) is 22.8. The molecule has 0 fully saturated rings. The van der Waals surface area contributed by atoms with Crippen molar-refractivity contribution in [1.29, 1.82) is 0 Å². The predicted molar refractivity (Wildman–Crippen MR) is 133 cm³/mol. The van der Waals surface area contributed by atoms with E-state index >= 15 is 0 Å². The molecule has 3 rings (SSSR count). The zero-order valence-electron chi connectivity index (χ0n) is 18.1. The number of unbranched alkanes of at least 4 members (excludes halogenated alkanes) is 3. The number of rotatable bonds is 10. The van der Waals surface area contributed by atoms with Gasteiger partial charge in [-0.2, -0.15) is 0 Å². The van der Waals surface area contributed by atoms with Crippen molar-refractivity contribution in [2.75, 3.05) is 17.2 Å². The van der Waals surface area contributed by atoms with Crippen molar-refractivity contribution in [2.24, 2.45) is 0 Å². The first-order chi connectivity index (χ1) is 15.6. The maximum Gasteiger partial charge on any atom is 0.259 e. The molecule has 0 aliphatic heterocycles. The number of amides is 2. The van der Waals surface area contributed by atoms with Crippen LogP contribution in [0, 0.1) is 0 Å². The third kappa shape index (κ3) is 6.95. The molecule has 2 amide bonds. The van der Waals surface area contributed by atoms with Crippen LogP contribution >= 0.6 is 15.9 Å². The fourth-order valence-electron chi connectivity index (χ4n) is 3.14. The Kier molecular flexibility index (Phi) is 8.87. The van der Waals surface area contributed by atoms with Gasteiger partial charge in [0.1, 0.15) is 5.75 Å². The van der Waals surface area contributed by atoms with Gasteiger partial charge in [-0.1, -0.05) is 60.3 Å². The average molecular weight is 495 g/mol. The van der Waals surface area contributed by atoms with E-state index < -0.39 is 0 Å². The fourth-order valence-corrected chi connectivity index (χ4v) is 3.51. The Bertz CT molecular complexity index is 1040. The Morgan fingerprint density at radius 1 is 0.812 bits per heavy atom. The van der Waals surface area contributed by atoms with Gasteiger partial charge in [0.2, 0.25) is 0 Å². The molecule has 0 aliphatic carbocycles. The van der Waals surface area contributed by atoms with E-state index in [4.69, 9.17) is 4.74 Å². The van der Waals surface area contributed by atoms with Crippen LogP contribution in [0.4, 0.5) is 11.4 Å². The van der Waals surface area contributed by atoms with Crippen LogP contribution in [-0.4, -0.2) is 18.4 Å². The third-order valence-electron chi connectivity index (χ3n) is 4.88. The first-order valence-electron chi connectivity index (χ1n) is 10.8. The minimum atomic E-state index is -0.254. The molecule has 0 bridgehead atoms. The van der Waals surface area contributed by atoms with Gasteiger partial charge in [-0.3, -0.25) is 9.59 Å². The molecule has 0 unspecified atom stereocenters. The molecule has 0 aliphatic rings. The third-order valence-corrected chi connectivity index (χ3v) is 5.37. The quantitative estimate of drug-likeness (QED) is 0.300. The highest BCUT2D eigenvalue weighted by molar-refractivity contribution is 9.10. The van der Waals surface area contributed by atoms with E-state index in [0.717, 1.165) is 17.3 Å². The number of carbonyl (C=O) groups is 2. The average Bonchev–Trinajstić information content (AvgIpc) is 2.81. The number of carbonyl (C=O) groups excluding carboxylic acids is 2. The Morgan fingerprint density at radius 3 is 2.12 bits per heavy atom. The molecule has 0 saturated heterocycles. The highest BCUT2D eigenvalue weighted by Crippen LogP contribution is 2.25. The molecule has 0 radical (unpaired) electrons. The second-order valence-electron chi connectivity index (χ2n) is 7.40. The van der Waals surface area contributed by atoms with Crippen LogP contribution in [0.2, 0.25) is 0 Å². The van der Waals surface area contributed by atoms with Crippen LogP contribution < -0.4 is 15.4 Å². The van der Waals surface area contributed by atoms with Gasteiger partial charge < -0.3 is 15.4 Å². The van der Waals surface area contributed by atoms with E-state index in [1.807, 2.05) is 24.3 Å². The molecule has 0 spiro atoms. The first-order valence-corrected chi connectivity index (χ1v) is 11.6. The molecular formula is C26H27BrN2O3. The van der Waals surface area contributed by atoms with E-state index in [-0.39, 0.29) is 11.8 Å². The van der Waals surface area contributed by atoms with Gasteiger partial charge in [0, 0.05) is 21.4 Å². The Hall–Kier alpha value is -3.12. The number of nitrogens with one attached hydrogen (secondary N) is 2. The predicted octanol–water partition coefficient (Wildman–Crippen LogP) is 6.91. The smallest absolute Gasteiger partial charge is 0.259 e. The van der Waals surface area contributed by atoms with E-state index in [9.17, 15) is 9.59 Å². The second-order valence-corrected chi connectivity index (χ2v) is 8.32. The van der Waals surface area contributed by atoms with Crippen molar-refractivity contribution in [2.45, 2.75) is 32.6 Å². The van der Waals surface area contributed by atoms with Gasteiger partial charge in [-0.15, -0.1) is 0 Å². The molecule has 2 N–H and O–H groups in total. The summed E-state index contributed by atoms with van der Waals surface area (Å²) in [7, 11) is 0. The fraction of sp³-hybridized carbons (Fsp3) is 0.231. The lowest BCUT2D eigenvalue weighted by atomic mass is 10.1. The topological polar surface area (TPSA) is 67.4 Å². The maximum absolute atomic E-state index is 12.9. The van der Waals surface area contributed by atoms with Crippen LogP contribution in [-0.2, 0) is 0 Å². The molecule has 32 heavy (non-hydrogen) atoms. The normalized spacial score (nSPS) is 10.4. The van der Waals surface area contributed by atoms with E-state index in [1.165, 1.54) is 12.8 Å². The zero-order valence-corrected chi connectivity index (χ0v) is 19.7. The van der Waals surface area contributed by atoms with Crippen LogP contribution in [0.25, 0.3) is 0 Å². The highest BCUT2D eigenvalue weighted by atomic mass is 79.9. The van der Waals surface area contributed by atoms with Gasteiger partial charge >= 0.3 is 0 Å². The monoisotopic (exact) mass is 494 g/mol. The number of benzene rings is 3. The van der Waals surface area contributed by atoms with Gasteiger partial charge in [0.05, 0.1) is 12.2 Å². The summed E-state index contributed by atoms with van der Waals surface area (Å²) in [6.45, 7) is 2.75. The molecule has 5 nitrogen and oxygen atoms in total. The van der Waals surface area contributed by atoms with Crippen molar-refractivity contribution < 1.29 is 14.3 Å². The second kappa shape index (κ2) is 12.1.